The molecule has 0 fully saturated rings. The summed E-state index contributed by atoms with van der Waals surface area (Å²) < 4.78 is 1.75. The first-order valence-electron chi connectivity index (χ1n) is 12.8. The summed E-state index contributed by atoms with van der Waals surface area (Å²) in [6.07, 6.45) is 1.77. The number of pyridine rings is 1. The molecule has 0 aliphatic carbocycles. The van der Waals surface area contributed by atoms with Gasteiger partial charge in [-0.1, -0.05) is 51.1 Å². The molecule has 3 aromatic carbocycles. The number of carbonyl (C=O) groups excluding carboxylic acids is 2. The monoisotopic (exact) mass is 516 g/mol. The van der Waals surface area contributed by atoms with Gasteiger partial charge in [-0.05, 0) is 59.2 Å². The van der Waals surface area contributed by atoms with E-state index < -0.39 is 0 Å². The Hall–Kier alpha value is -4.98. The van der Waals surface area contributed by atoms with E-state index in [4.69, 9.17) is 5.10 Å². The maximum Gasteiger partial charge on any atom is 0.324 e. The number of hydrogen-bond donors (Lipinski definition) is 3. The number of carbonyl (C=O) groups is 2. The number of aromatic nitrogens is 3. The first kappa shape index (κ1) is 24.4. The number of nitrogens with zero attached hydrogens (tertiary/aromatic N) is 3. The van der Waals surface area contributed by atoms with Crippen molar-refractivity contribution in [3.63, 3.8) is 0 Å². The molecule has 5 aromatic rings. The van der Waals surface area contributed by atoms with Crippen LogP contribution in [-0.4, -0.2) is 26.7 Å². The molecule has 0 spiro atoms. The van der Waals surface area contributed by atoms with E-state index in [1.54, 1.807) is 10.9 Å². The van der Waals surface area contributed by atoms with Crippen LogP contribution in [0, 0.1) is 0 Å². The van der Waals surface area contributed by atoms with E-state index in [2.05, 4.69) is 41.7 Å². The summed E-state index contributed by atoms with van der Waals surface area (Å²) in [5, 5.41) is 14.6. The maximum absolute atomic E-state index is 13.2. The summed E-state index contributed by atoms with van der Waals surface area (Å²) in [4.78, 5) is 29.7. The smallest absolute Gasteiger partial charge is 0.324 e. The Morgan fingerprint density at radius 2 is 1.74 bits per heavy atom. The van der Waals surface area contributed by atoms with E-state index >= 15 is 0 Å². The van der Waals surface area contributed by atoms with Gasteiger partial charge >= 0.3 is 6.03 Å². The Labute approximate surface area is 226 Å². The topological polar surface area (TPSA) is 101 Å². The highest BCUT2D eigenvalue weighted by Gasteiger charge is 2.23. The van der Waals surface area contributed by atoms with Gasteiger partial charge in [-0.25, -0.2) is 9.48 Å². The van der Waals surface area contributed by atoms with Crippen LogP contribution in [0.25, 0.3) is 27.7 Å². The number of rotatable bonds is 4. The highest BCUT2D eigenvalue weighted by Crippen LogP contribution is 2.31. The molecule has 0 unspecified atom stereocenters. The van der Waals surface area contributed by atoms with Crippen molar-refractivity contribution in [3.8, 4) is 16.8 Å². The van der Waals surface area contributed by atoms with Crippen molar-refractivity contribution < 1.29 is 9.59 Å². The van der Waals surface area contributed by atoms with Gasteiger partial charge in [0.05, 0.1) is 16.9 Å². The van der Waals surface area contributed by atoms with Gasteiger partial charge in [0.1, 0.15) is 5.82 Å². The lowest BCUT2D eigenvalue weighted by Crippen LogP contribution is -2.21. The van der Waals surface area contributed by atoms with Crippen LogP contribution in [-0.2, 0) is 12.0 Å². The van der Waals surface area contributed by atoms with Gasteiger partial charge in [-0.15, -0.1) is 0 Å². The Bertz CT molecular complexity index is 1750. The number of hydrogen-bond acceptors (Lipinski definition) is 4. The Balaban J connectivity index is 1.28. The molecule has 39 heavy (non-hydrogen) atoms. The van der Waals surface area contributed by atoms with E-state index in [9.17, 15) is 9.59 Å². The van der Waals surface area contributed by atoms with Crippen LogP contribution >= 0.6 is 0 Å². The number of nitrogens with one attached hydrogen (secondary N) is 3. The van der Waals surface area contributed by atoms with Crippen LogP contribution in [0.2, 0.25) is 0 Å². The fraction of sp³-hybridized carbons (Fsp3) is 0.161. The van der Waals surface area contributed by atoms with Crippen molar-refractivity contribution in [2.75, 3.05) is 10.6 Å². The van der Waals surface area contributed by atoms with Gasteiger partial charge < -0.3 is 10.6 Å². The van der Waals surface area contributed by atoms with Gasteiger partial charge in [-0.2, -0.15) is 5.10 Å². The van der Waals surface area contributed by atoms with Gasteiger partial charge in [0.2, 0.25) is 0 Å². The maximum atomic E-state index is 13.2. The lowest BCUT2D eigenvalue weighted by Gasteiger charge is -2.14. The van der Waals surface area contributed by atoms with E-state index in [0.717, 1.165) is 39.0 Å². The van der Waals surface area contributed by atoms with Crippen LogP contribution in [0.5, 0.6) is 0 Å². The molecule has 0 atom stereocenters. The average molecular weight is 517 g/mol. The summed E-state index contributed by atoms with van der Waals surface area (Å²) in [6, 6.07) is 24.6. The second-order valence-corrected chi connectivity index (χ2v) is 10.6. The lowest BCUT2D eigenvalue weighted by atomic mass is 9.92. The second-order valence-electron chi connectivity index (χ2n) is 10.6. The zero-order valence-electron chi connectivity index (χ0n) is 21.9. The molecule has 8 heteroatoms. The number of urea groups is 1. The molecule has 0 saturated heterocycles. The molecule has 6 rings (SSSR count). The Kier molecular flexibility index (Phi) is 5.87. The van der Waals surface area contributed by atoms with Gasteiger partial charge in [0.25, 0.3) is 5.91 Å². The van der Waals surface area contributed by atoms with Crippen molar-refractivity contribution in [1.29, 1.82) is 0 Å². The van der Waals surface area contributed by atoms with E-state index in [0.29, 0.717) is 23.6 Å². The van der Waals surface area contributed by atoms with Crippen molar-refractivity contribution in [1.82, 2.24) is 20.1 Å². The largest absolute Gasteiger partial charge is 0.348 e. The van der Waals surface area contributed by atoms with E-state index in [1.165, 1.54) is 0 Å². The number of amides is 3. The lowest BCUT2D eigenvalue weighted by molar-refractivity contribution is 0.0965. The van der Waals surface area contributed by atoms with Gasteiger partial charge in [0.15, 0.2) is 0 Å². The third-order valence-electron chi connectivity index (χ3n) is 6.83. The van der Waals surface area contributed by atoms with Gasteiger partial charge in [-0.3, -0.25) is 15.1 Å². The fourth-order valence-corrected chi connectivity index (χ4v) is 4.80. The van der Waals surface area contributed by atoms with Crippen molar-refractivity contribution in [2.45, 2.75) is 32.7 Å². The standard InChI is InChI=1S/C31H28N6O2/c1-31(2,3)27-17-28(37(36-27)22-12-13-26-20(16-22)8-6-14-32-26)35-30(39)34-21-9-4-7-19(15-21)23-10-5-11-24-25(23)18-33-29(24)38/h4-17H,18H2,1-3H3,(H,33,38)(H2,34,35,39). The molecule has 3 heterocycles. The minimum absolute atomic E-state index is 0.0607. The van der Waals surface area contributed by atoms with Crippen LogP contribution in [0.4, 0.5) is 16.3 Å². The quantitative estimate of drug-likeness (QED) is 0.262. The van der Waals surface area contributed by atoms with Crippen molar-refractivity contribution in [3.05, 3.63) is 102 Å². The number of fused-ring (bicyclic) bond motifs is 2. The van der Waals surface area contributed by atoms with Crippen molar-refractivity contribution in [2.24, 2.45) is 0 Å². The van der Waals surface area contributed by atoms with Crippen LogP contribution in [0.1, 0.15) is 42.4 Å². The molecule has 194 valence electrons. The minimum atomic E-state index is -0.383. The van der Waals surface area contributed by atoms with Gasteiger partial charge in [0, 0.05) is 40.9 Å². The summed E-state index contributed by atoms with van der Waals surface area (Å²) >= 11 is 0. The highest BCUT2D eigenvalue weighted by atomic mass is 16.2. The highest BCUT2D eigenvalue weighted by molar-refractivity contribution is 6.01. The Morgan fingerprint density at radius 1 is 0.923 bits per heavy atom. The van der Waals surface area contributed by atoms with E-state index in [1.807, 2.05) is 78.9 Å². The van der Waals surface area contributed by atoms with Crippen LogP contribution < -0.4 is 16.0 Å². The fourth-order valence-electron chi connectivity index (χ4n) is 4.80. The summed E-state index contributed by atoms with van der Waals surface area (Å²) in [6.45, 7) is 6.75. The van der Waals surface area contributed by atoms with E-state index in [-0.39, 0.29) is 17.4 Å². The molecular formula is C31H28N6O2. The number of benzene rings is 3. The third-order valence-corrected chi connectivity index (χ3v) is 6.83. The predicted molar refractivity (Wildman–Crippen MR) is 153 cm³/mol. The molecule has 0 bridgehead atoms. The van der Waals surface area contributed by atoms with Crippen LogP contribution in [0.15, 0.2) is 85.1 Å². The summed E-state index contributed by atoms with van der Waals surface area (Å²) in [5.41, 5.74) is 6.54. The molecule has 0 saturated carbocycles. The van der Waals surface area contributed by atoms with Crippen molar-refractivity contribution >= 4 is 34.3 Å². The SMILES string of the molecule is CC(C)(C)c1cc(NC(=O)Nc2cccc(-c3cccc4c3CNC4=O)c2)n(-c2ccc3ncccc3c2)n1. The number of anilines is 2. The molecule has 2 aromatic heterocycles. The zero-order chi connectivity index (χ0) is 27.1. The second kappa shape index (κ2) is 9.40. The normalized spacial score (nSPS) is 12.7. The third kappa shape index (κ3) is 4.72. The summed E-state index contributed by atoms with van der Waals surface area (Å²) in [5.74, 6) is 0.497. The molecule has 1 aliphatic heterocycles. The first-order chi connectivity index (χ1) is 18.8. The Morgan fingerprint density at radius 3 is 2.59 bits per heavy atom. The first-order valence-corrected chi connectivity index (χ1v) is 12.8. The molecular weight excluding hydrogens is 488 g/mol. The van der Waals surface area contributed by atoms with Crippen LogP contribution in [0.3, 0.4) is 0 Å². The molecule has 1 aliphatic rings. The summed E-state index contributed by atoms with van der Waals surface area (Å²) in [7, 11) is 0. The minimum Gasteiger partial charge on any atom is -0.348 e. The molecule has 0 radical (unpaired) electrons. The molecule has 3 N–H and O–H groups in total. The predicted octanol–water partition coefficient (Wildman–Crippen LogP) is 6.27. The molecule has 3 amide bonds. The zero-order valence-corrected chi connectivity index (χ0v) is 21.9. The average Bonchev–Trinajstić information content (AvgIpc) is 3.52. The molecule has 8 nitrogen and oxygen atoms in total.